The standard InChI is InChI=1S/C32H54N3O6P/c1-2-3-4-5-6-7-8-9-10-11-12-13-14-18-25-38-26-19-27-40-42(37,41-30-20-16-15-17-21-30)29-39-28-24-35-23-22-31(33)34-32(35)36/h15-17,20-23H,2-14,18-19,24-29H2,1H3,(H2,33,34,36). The lowest BCUT2D eigenvalue weighted by Gasteiger charge is -2.19. The van der Waals surface area contributed by atoms with E-state index < -0.39 is 13.3 Å². The number of unbranched alkanes of at least 4 members (excludes halogenated alkanes) is 13. The third kappa shape index (κ3) is 17.7. The number of aromatic nitrogens is 2. The van der Waals surface area contributed by atoms with E-state index in [-0.39, 0.29) is 31.9 Å². The zero-order valence-electron chi connectivity index (χ0n) is 25.8. The highest BCUT2D eigenvalue weighted by atomic mass is 31.2. The summed E-state index contributed by atoms with van der Waals surface area (Å²) < 4.78 is 37.5. The molecule has 42 heavy (non-hydrogen) atoms. The summed E-state index contributed by atoms with van der Waals surface area (Å²) >= 11 is 0. The van der Waals surface area contributed by atoms with Gasteiger partial charge in [-0.3, -0.25) is 9.09 Å². The SMILES string of the molecule is CCCCCCCCCCCCCCCCOCCCOP(=O)(COCCn1ccc(N)nc1=O)Oc1ccccc1. The first-order valence-electron chi connectivity index (χ1n) is 16.0. The Morgan fingerprint density at radius 1 is 0.738 bits per heavy atom. The molecule has 1 atom stereocenters. The van der Waals surface area contributed by atoms with Crippen molar-refractivity contribution < 1.29 is 23.1 Å². The van der Waals surface area contributed by atoms with Crippen molar-refractivity contribution in [3.8, 4) is 5.75 Å². The molecule has 0 aliphatic carbocycles. The molecular weight excluding hydrogens is 553 g/mol. The van der Waals surface area contributed by atoms with Gasteiger partial charge < -0.3 is 19.7 Å². The van der Waals surface area contributed by atoms with Crippen molar-refractivity contribution in [3.63, 3.8) is 0 Å². The molecule has 10 heteroatoms. The minimum atomic E-state index is -3.58. The summed E-state index contributed by atoms with van der Waals surface area (Å²) in [5, 5.41) is 0. The molecule has 1 unspecified atom stereocenters. The molecule has 0 aliphatic rings. The Kier molecular flexibility index (Phi) is 20.0. The summed E-state index contributed by atoms with van der Waals surface area (Å²) in [6.07, 6.45) is 20.6. The van der Waals surface area contributed by atoms with Gasteiger partial charge in [0.15, 0.2) is 6.35 Å². The number of nitrogens with two attached hydrogens (primary N) is 1. The first kappa shape index (κ1) is 36.0. The van der Waals surface area contributed by atoms with Crippen LogP contribution in [0.25, 0.3) is 0 Å². The van der Waals surface area contributed by atoms with Crippen LogP contribution in [0.4, 0.5) is 5.82 Å². The van der Waals surface area contributed by atoms with Crippen LogP contribution in [-0.4, -0.2) is 42.3 Å². The number of para-hydroxylation sites is 1. The molecule has 2 N–H and O–H groups in total. The van der Waals surface area contributed by atoms with Gasteiger partial charge in [0.1, 0.15) is 11.6 Å². The summed E-state index contributed by atoms with van der Waals surface area (Å²) in [6.45, 7) is 4.15. The van der Waals surface area contributed by atoms with Crippen LogP contribution in [0.5, 0.6) is 5.75 Å². The van der Waals surface area contributed by atoms with Gasteiger partial charge in [0.25, 0.3) is 0 Å². The fraction of sp³-hybridized carbons (Fsp3) is 0.688. The largest absolute Gasteiger partial charge is 0.423 e. The van der Waals surface area contributed by atoms with Gasteiger partial charge in [-0.25, -0.2) is 9.36 Å². The number of hydrogen-bond donors (Lipinski definition) is 1. The average molecular weight is 608 g/mol. The third-order valence-corrected chi connectivity index (χ3v) is 8.54. The number of hydrogen-bond acceptors (Lipinski definition) is 8. The molecule has 2 aromatic rings. The van der Waals surface area contributed by atoms with E-state index in [2.05, 4.69) is 11.9 Å². The number of benzene rings is 1. The zero-order valence-corrected chi connectivity index (χ0v) is 26.7. The molecule has 9 nitrogen and oxygen atoms in total. The van der Waals surface area contributed by atoms with Crippen LogP contribution in [0.15, 0.2) is 47.4 Å². The van der Waals surface area contributed by atoms with Crippen LogP contribution in [0, 0.1) is 0 Å². The summed E-state index contributed by atoms with van der Waals surface area (Å²) in [5.74, 6) is 0.604. The van der Waals surface area contributed by atoms with E-state index in [0.717, 1.165) is 13.0 Å². The minimum Gasteiger partial charge on any atom is -0.423 e. The van der Waals surface area contributed by atoms with E-state index in [1.54, 1.807) is 30.5 Å². The molecule has 2 rings (SSSR count). The van der Waals surface area contributed by atoms with E-state index in [1.807, 2.05) is 6.07 Å². The highest BCUT2D eigenvalue weighted by molar-refractivity contribution is 7.54. The molecule has 1 heterocycles. The van der Waals surface area contributed by atoms with Gasteiger partial charge in [-0.15, -0.1) is 0 Å². The molecule has 0 saturated carbocycles. The fourth-order valence-corrected chi connectivity index (χ4v) is 5.93. The maximum absolute atomic E-state index is 13.4. The van der Waals surface area contributed by atoms with Gasteiger partial charge in [-0.05, 0) is 31.0 Å². The van der Waals surface area contributed by atoms with Gasteiger partial charge in [0, 0.05) is 19.4 Å². The van der Waals surface area contributed by atoms with Crippen molar-refractivity contribution in [3.05, 3.63) is 53.1 Å². The maximum Gasteiger partial charge on any atom is 0.404 e. The first-order valence-corrected chi connectivity index (χ1v) is 17.7. The van der Waals surface area contributed by atoms with Crippen LogP contribution in [0.3, 0.4) is 0 Å². The summed E-state index contributed by atoms with van der Waals surface area (Å²) in [6, 6.07) is 10.4. The molecule has 0 bridgehead atoms. The first-order chi connectivity index (χ1) is 20.5. The lowest BCUT2D eigenvalue weighted by atomic mass is 10.0. The fourth-order valence-electron chi connectivity index (χ4n) is 4.55. The average Bonchev–Trinajstić information content (AvgIpc) is 2.98. The number of nitrogen functional groups attached to an aromatic ring is 1. The second-order valence-electron chi connectivity index (χ2n) is 10.8. The van der Waals surface area contributed by atoms with Crippen LogP contribution < -0.4 is 15.9 Å². The highest BCUT2D eigenvalue weighted by Crippen LogP contribution is 2.48. The van der Waals surface area contributed by atoms with Crippen molar-refractivity contribution >= 4 is 13.4 Å². The molecule has 1 aromatic heterocycles. The molecule has 0 fully saturated rings. The van der Waals surface area contributed by atoms with E-state index in [0.29, 0.717) is 18.8 Å². The van der Waals surface area contributed by atoms with Crippen molar-refractivity contribution in [1.82, 2.24) is 9.55 Å². The Bertz CT molecular complexity index is 1040. The maximum atomic E-state index is 13.4. The lowest BCUT2D eigenvalue weighted by molar-refractivity contribution is 0.107. The van der Waals surface area contributed by atoms with Crippen molar-refractivity contribution in [2.45, 2.75) is 110 Å². The second kappa shape index (κ2) is 23.3. The van der Waals surface area contributed by atoms with Crippen LogP contribution >= 0.6 is 7.60 Å². The Balaban J connectivity index is 1.52. The van der Waals surface area contributed by atoms with Crippen molar-refractivity contribution in [2.75, 3.05) is 38.5 Å². The second-order valence-corrected chi connectivity index (χ2v) is 12.7. The number of ether oxygens (including phenoxy) is 2. The Morgan fingerprint density at radius 3 is 1.95 bits per heavy atom. The van der Waals surface area contributed by atoms with Gasteiger partial charge in [0.05, 0.1) is 19.8 Å². The predicted octanol–water partition coefficient (Wildman–Crippen LogP) is 7.98. The summed E-state index contributed by atoms with van der Waals surface area (Å²) in [4.78, 5) is 15.6. The molecule has 0 aliphatic heterocycles. The summed E-state index contributed by atoms with van der Waals surface area (Å²) in [5.41, 5.74) is 5.05. The molecule has 0 amide bonds. The monoisotopic (exact) mass is 607 g/mol. The van der Waals surface area contributed by atoms with Gasteiger partial charge in [0.2, 0.25) is 0 Å². The normalized spacial score (nSPS) is 12.8. The van der Waals surface area contributed by atoms with E-state index in [1.165, 1.54) is 94.1 Å². The van der Waals surface area contributed by atoms with E-state index in [4.69, 9.17) is 24.3 Å². The third-order valence-electron chi connectivity index (χ3n) is 6.97. The zero-order chi connectivity index (χ0) is 30.1. The Hall–Kier alpha value is -2.19. The van der Waals surface area contributed by atoms with Crippen LogP contribution in [0.1, 0.15) is 103 Å². The number of nitrogens with zero attached hydrogens (tertiary/aromatic N) is 2. The molecule has 0 saturated heterocycles. The quantitative estimate of drug-likeness (QED) is 0.0803. The lowest BCUT2D eigenvalue weighted by Crippen LogP contribution is -2.25. The Morgan fingerprint density at radius 2 is 1.33 bits per heavy atom. The van der Waals surface area contributed by atoms with Gasteiger partial charge in [-0.2, -0.15) is 4.98 Å². The molecule has 0 radical (unpaired) electrons. The molecular formula is C32H54N3O6P. The predicted molar refractivity (Wildman–Crippen MR) is 170 cm³/mol. The number of anilines is 1. The van der Waals surface area contributed by atoms with E-state index >= 15 is 0 Å². The van der Waals surface area contributed by atoms with Crippen LogP contribution in [-0.2, 0) is 25.1 Å². The van der Waals surface area contributed by atoms with Crippen LogP contribution in [0.2, 0.25) is 0 Å². The highest BCUT2D eigenvalue weighted by Gasteiger charge is 2.27. The van der Waals surface area contributed by atoms with Crippen molar-refractivity contribution in [2.24, 2.45) is 0 Å². The number of rotatable bonds is 27. The minimum absolute atomic E-state index is 0.138. The van der Waals surface area contributed by atoms with Crippen molar-refractivity contribution in [1.29, 1.82) is 0 Å². The van der Waals surface area contributed by atoms with E-state index in [9.17, 15) is 9.36 Å². The topological polar surface area (TPSA) is 115 Å². The smallest absolute Gasteiger partial charge is 0.404 e. The van der Waals surface area contributed by atoms with Gasteiger partial charge in [-0.1, -0.05) is 109 Å². The molecule has 1 aromatic carbocycles. The molecule has 238 valence electrons. The Labute approximate surface area is 253 Å². The summed E-state index contributed by atoms with van der Waals surface area (Å²) in [7, 11) is -3.58. The molecule has 0 spiro atoms. The van der Waals surface area contributed by atoms with Gasteiger partial charge >= 0.3 is 13.3 Å².